The zero-order valence-electron chi connectivity index (χ0n) is 8.44. The normalized spacial score (nSPS) is 19.9. The fourth-order valence-corrected chi connectivity index (χ4v) is 2.09. The summed E-state index contributed by atoms with van der Waals surface area (Å²) in [6.07, 6.45) is 1.52. The summed E-state index contributed by atoms with van der Waals surface area (Å²) in [6, 6.07) is 8.05. The van der Waals surface area contributed by atoms with Crippen LogP contribution >= 0.6 is 22.6 Å². The molecule has 2 atom stereocenters. The summed E-state index contributed by atoms with van der Waals surface area (Å²) >= 11 is 2.25. The van der Waals surface area contributed by atoms with E-state index >= 15 is 0 Å². The maximum absolute atomic E-state index is 9.80. The Morgan fingerprint density at radius 2 is 1.80 bits per heavy atom. The second-order valence-electron chi connectivity index (χ2n) is 4.23. The highest BCUT2D eigenvalue weighted by Gasteiger charge is 2.34. The lowest BCUT2D eigenvalue weighted by Gasteiger charge is -2.17. The maximum atomic E-state index is 9.80. The summed E-state index contributed by atoms with van der Waals surface area (Å²) < 4.78 is 1.19. The molecule has 1 saturated carbocycles. The third-order valence-corrected chi connectivity index (χ3v) is 3.58. The smallest absolute Gasteiger partial charge is 0.0842 e. The molecule has 2 rings (SSSR count). The van der Waals surface area contributed by atoms with Crippen LogP contribution in [0.3, 0.4) is 0 Å². The predicted molar refractivity (Wildman–Crippen MR) is 67.6 cm³/mol. The molecule has 2 N–H and O–H groups in total. The molecule has 0 saturated heterocycles. The molecule has 2 nitrogen and oxygen atoms in total. The Morgan fingerprint density at radius 3 is 2.33 bits per heavy atom. The van der Waals surface area contributed by atoms with E-state index in [9.17, 15) is 10.2 Å². The lowest BCUT2D eigenvalue weighted by atomic mass is 10.0. The van der Waals surface area contributed by atoms with Gasteiger partial charge < -0.3 is 10.2 Å². The van der Waals surface area contributed by atoms with Crippen LogP contribution in [0.4, 0.5) is 0 Å². The second-order valence-corrected chi connectivity index (χ2v) is 5.47. The number of hydrogen-bond donors (Lipinski definition) is 2. The average Bonchev–Trinajstić information content (AvgIpc) is 3.04. The molecule has 0 aliphatic heterocycles. The number of aliphatic hydroxyl groups excluding tert-OH is 2. The molecule has 2 unspecified atom stereocenters. The maximum Gasteiger partial charge on any atom is 0.0842 e. The Kier molecular flexibility index (Phi) is 3.64. The molecule has 82 valence electrons. The van der Waals surface area contributed by atoms with Gasteiger partial charge in [-0.3, -0.25) is 0 Å². The van der Waals surface area contributed by atoms with Crippen molar-refractivity contribution < 1.29 is 10.2 Å². The van der Waals surface area contributed by atoms with E-state index in [0.29, 0.717) is 12.3 Å². The van der Waals surface area contributed by atoms with Crippen LogP contribution in [0.1, 0.15) is 18.4 Å². The number of halogens is 1. The van der Waals surface area contributed by atoms with E-state index in [1.165, 1.54) is 3.57 Å². The third kappa shape index (κ3) is 3.16. The van der Waals surface area contributed by atoms with E-state index in [-0.39, 0.29) is 0 Å². The number of rotatable bonds is 4. The van der Waals surface area contributed by atoms with Crippen LogP contribution in [-0.2, 0) is 6.42 Å². The van der Waals surface area contributed by atoms with Gasteiger partial charge in [-0.1, -0.05) is 12.1 Å². The molecule has 15 heavy (non-hydrogen) atoms. The minimum atomic E-state index is -0.613. The van der Waals surface area contributed by atoms with Gasteiger partial charge in [0.1, 0.15) is 0 Å². The van der Waals surface area contributed by atoms with Gasteiger partial charge in [0.25, 0.3) is 0 Å². The number of hydrogen-bond acceptors (Lipinski definition) is 2. The SMILES string of the molecule is OC(Cc1ccc(I)cc1)C(O)C1CC1. The highest BCUT2D eigenvalue weighted by atomic mass is 127. The number of benzene rings is 1. The van der Waals surface area contributed by atoms with Crippen LogP contribution in [0.25, 0.3) is 0 Å². The van der Waals surface area contributed by atoms with Crippen LogP contribution in [-0.4, -0.2) is 22.4 Å². The van der Waals surface area contributed by atoms with Crippen LogP contribution < -0.4 is 0 Å². The fraction of sp³-hybridized carbons (Fsp3) is 0.500. The highest BCUT2D eigenvalue weighted by molar-refractivity contribution is 14.1. The van der Waals surface area contributed by atoms with E-state index in [4.69, 9.17) is 0 Å². The summed E-state index contributed by atoms with van der Waals surface area (Å²) in [5.74, 6) is 0.337. The van der Waals surface area contributed by atoms with E-state index in [0.717, 1.165) is 18.4 Å². The molecule has 1 aliphatic carbocycles. The Labute approximate surface area is 103 Å². The summed E-state index contributed by atoms with van der Waals surface area (Å²) in [4.78, 5) is 0. The largest absolute Gasteiger partial charge is 0.390 e. The van der Waals surface area contributed by atoms with Gasteiger partial charge in [-0.15, -0.1) is 0 Å². The molecule has 0 heterocycles. The summed E-state index contributed by atoms with van der Waals surface area (Å²) in [5.41, 5.74) is 1.09. The first-order valence-corrected chi connectivity index (χ1v) is 6.35. The zero-order valence-corrected chi connectivity index (χ0v) is 10.6. The van der Waals surface area contributed by atoms with Crippen molar-refractivity contribution in [2.45, 2.75) is 31.5 Å². The van der Waals surface area contributed by atoms with Crippen molar-refractivity contribution in [1.29, 1.82) is 0 Å². The highest BCUT2D eigenvalue weighted by Crippen LogP contribution is 2.34. The van der Waals surface area contributed by atoms with Crippen molar-refractivity contribution in [2.75, 3.05) is 0 Å². The molecule has 0 amide bonds. The first kappa shape index (κ1) is 11.4. The summed E-state index contributed by atoms with van der Waals surface area (Å²) in [5, 5.41) is 19.5. The molecule has 1 aromatic carbocycles. The van der Waals surface area contributed by atoms with Crippen molar-refractivity contribution in [1.82, 2.24) is 0 Å². The second kappa shape index (κ2) is 4.80. The first-order chi connectivity index (χ1) is 7.16. The standard InChI is InChI=1S/C12H15IO2/c13-10-5-1-8(2-6-10)7-11(14)12(15)9-3-4-9/h1-2,5-6,9,11-12,14-15H,3-4,7H2. The van der Waals surface area contributed by atoms with E-state index < -0.39 is 12.2 Å². The minimum Gasteiger partial charge on any atom is -0.390 e. The van der Waals surface area contributed by atoms with Gasteiger partial charge in [0.05, 0.1) is 12.2 Å². The van der Waals surface area contributed by atoms with Crippen molar-refractivity contribution in [3.05, 3.63) is 33.4 Å². The van der Waals surface area contributed by atoms with Crippen molar-refractivity contribution >= 4 is 22.6 Å². The average molecular weight is 318 g/mol. The lowest BCUT2D eigenvalue weighted by Crippen LogP contribution is -2.29. The minimum absolute atomic E-state index is 0.337. The molecule has 1 aromatic rings. The van der Waals surface area contributed by atoms with Gasteiger partial charge in [0.2, 0.25) is 0 Å². The molecule has 0 bridgehead atoms. The fourth-order valence-electron chi connectivity index (χ4n) is 1.73. The van der Waals surface area contributed by atoms with E-state index in [1.807, 2.05) is 24.3 Å². The van der Waals surface area contributed by atoms with Crippen LogP contribution in [0, 0.1) is 9.49 Å². The van der Waals surface area contributed by atoms with E-state index in [1.54, 1.807) is 0 Å². The molecular weight excluding hydrogens is 303 g/mol. The van der Waals surface area contributed by atoms with E-state index in [2.05, 4.69) is 22.6 Å². The summed E-state index contributed by atoms with van der Waals surface area (Å²) in [6.45, 7) is 0. The van der Waals surface area contributed by atoms with Crippen LogP contribution in [0.15, 0.2) is 24.3 Å². The van der Waals surface area contributed by atoms with Gasteiger partial charge in [0.15, 0.2) is 0 Å². The van der Waals surface area contributed by atoms with Gasteiger partial charge in [-0.2, -0.15) is 0 Å². The van der Waals surface area contributed by atoms with Gasteiger partial charge in [0, 0.05) is 9.99 Å². The first-order valence-electron chi connectivity index (χ1n) is 5.27. The Morgan fingerprint density at radius 1 is 1.20 bits per heavy atom. The van der Waals surface area contributed by atoms with Crippen LogP contribution in [0.5, 0.6) is 0 Å². The molecule has 0 spiro atoms. The van der Waals surface area contributed by atoms with Crippen molar-refractivity contribution in [2.24, 2.45) is 5.92 Å². The Bertz CT molecular complexity index is 319. The molecular formula is C12H15IO2. The third-order valence-electron chi connectivity index (χ3n) is 2.86. The lowest BCUT2D eigenvalue weighted by molar-refractivity contribution is 0.00673. The van der Waals surface area contributed by atoms with Crippen LogP contribution in [0.2, 0.25) is 0 Å². The number of aliphatic hydroxyl groups is 2. The molecule has 1 fully saturated rings. The molecule has 0 aromatic heterocycles. The van der Waals surface area contributed by atoms with Gasteiger partial charge in [-0.25, -0.2) is 0 Å². The predicted octanol–water partition coefficient (Wildman–Crippen LogP) is 1.97. The molecule has 3 heteroatoms. The zero-order chi connectivity index (χ0) is 10.8. The van der Waals surface area contributed by atoms with Crippen molar-refractivity contribution in [3.8, 4) is 0 Å². The van der Waals surface area contributed by atoms with Gasteiger partial charge in [-0.05, 0) is 59.0 Å². The topological polar surface area (TPSA) is 40.5 Å². The van der Waals surface area contributed by atoms with Crippen molar-refractivity contribution in [3.63, 3.8) is 0 Å². The Balaban J connectivity index is 1.92. The monoisotopic (exact) mass is 318 g/mol. The van der Waals surface area contributed by atoms with Gasteiger partial charge >= 0.3 is 0 Å². The summed E-state index contributed by atoms with van der Waals surface area (Å²) in [7, 11) is 0. The Hall–Kier alpha value is -0.130. The molecule has 0 radical (unpaired) electrons. The quantitative estimate of drug-likeness (QED) is 0.834. The molecule has 1 aliphatic rings.